The van der Waals surface area contributed by atoms with Crippen molar-refractivity contribution in [1.29, 1.82) is 0 Å². The second-order valence-corrected chi connectivity index (χ2v) is 6.77. The summed E-state index contributed by atoms with van der Waals surface area (Å²) in [7, 11) is 0. The van der Waals surface area contributed by atoms with Crippen LogP contribution in [0.5, 0.6) is 34.5 Å². The average Bonchev–Trinajstić information content (AvgIpc) is 2.53. The van der Waals surface area contributed by atoms with Crippen molar-refractivity contribution >= 4 is 11.9 Å². The van der Waals surface area contributed by atoms with Crippen LogP contribution in [0.25, 0.3) is 0 Å². The summed E-state index contributed by atoms with van der Waals surface area (Å²) in [6, 6.07) is 7.23. The van der Waals surface area contributed by atoms with Gasteiger partial charge in [0.05, 0.1) is 12.8 Å². The van der Waals surface area contributed by atoms with Crippen molar-refractivity contribution in [3.05, 3.63) is 36.4 Å². The lowest BCUT2D eigenvalue weighted by atomic mass is 9.86. The Hall–Kier alpha value is -3.42. The summed E-state index contributed by atoms with van der Waals surface area (Å²) in [4.78, 5) is 24.1. The molecule has 0 bridgehead atoms. The van der Waals surface area contributed by atoms with E-state index in [1.807, 2.05) is 0 Å². The quantitative estimate of drug-likeness (QED) is 0.344. The van der Waals surface area contributed by atoms with Gasteiger partial charge in [0.1, 0.15) is 11.5 Å². The Morgan fingerprint density at radius 1 is 0.741 bits per heavy atom. The molecule has 0 amide bonds. The van der Waals surface area contributed by atoms with Gasteiger partial charge in [-0.2, -0.15) is 0 Å². The fourth-order valence-corrected chi connectivity index (χ4v) is 2.31. The van der Waals surface area contributed by atoms with Gasteiger partial charge in [0.25, 0.3) is 0 Å². The zero-order valence-corrected chi connectivity index (χ0v) is 14.8. The van der Waals surface area contributed by atoms with Crippen molar-refractivity contribution < 1.29 is 39.5 Å². The van der Waals surface area contributed by atoms with E-state index < -0.39 is 28.9 Å². The molecule has 0 spiro atoms. The fraction of sp³-hybridized carbons (Fsp3) is 0.263. The molecule has 0 aliphatic rings. The van der Waals surface area contributed by atoms with Crippen molar-refractivity contribution in [2.75, 3.05) is 0 Å². The molecule has 0 saturated carbocycles. The van der Waals surface area contributed by atoms with Gasteiger partial charge < -0.3 is 29.9 Å². The molecule has 0 aromatic heterocycles. The van der Waals surface area contributed by atoms with Crippen LogP contribution in [0.4, 0.5) is 0 Å². The second-order valence-electron chi connectivity index (χ2n) is 6.77. The summed E-state index contributed by atoms with van der Waals surface area (Å²) in [5.74, 6) is -2.63. The first-order valence-electron chi connectivity index (χ1n) is 8.01. The first-order valence-corrected chi connectivity index (χ1v) is 8.01. The molecule has 0 saturated heterocycles. The number of carbonyl (C=O) groups is 2. The third-order valence-electron chi connectivity index (χ3n) is 3.60. The number of hydrogen-bond donors (Lipinski definition) is 4. The van der Waals surface area contributed by atoms with Crippen LogP contribution in [-0.2, 0) is 9.59 Å². The molecular formula is C19H20O8. The second kappa shape index (κ2) is 7.86. The van der Waals surface area contributed by atoms with Crippen molar-refractivity contribution in [2.24, 2.45) is 5.41 Å². The molecule has 0 atom stereocenters. The lowest BCUT2D eigenvalue weighted by molar-refractivity contribution is -0.140. The van der Waals surface area contributed by atoms with Crippen LogP contribution in [-0.4, -0.2) is 32.4 Å². The molecule has 4 N–H and O–H groups in total. The first kappa shape index (κ1) is 19.9. The molecular weight excluding hydrogens is 356 g/mol. The summed E-state index contributed by atoms with van der Waals surface area (Å²) >= 11 is 0. The number of aromatic hydroxyl groups is 4. The van der Waals surface area contributed by atoms with Gasteiger partial charge in [-0.05, 0) is 29.7 Å². The smallest absolute Gasteiger partial charge is 0.311 e. The minimum Gasteiger partial charge on any atom is -0.504 e. The first-order chi connectivity index (χ1) is 12.6. The Kier molecular flexibility index (Phi) is 5.79. The zero-order valence-electron chi connectivity index (χ0n) is 14.8. The molecule has 0 fully saturated rings. The zero-order chi connectivity index (χ0) is 20.2. The van der Waals surface area contributed by atoms with Gasteiger partial charge in [0.15, 0.2) is 23.0 Å². The lowest BCUT2D eigenvalue weighted by Crippen LogP contribution is -2.25. The van der Waals surface area contributed by atoms with E-state index in [-0.39, 0.29) is 35.8 Å². The average molecular weight is 376 g/mol. The molecule has 2 rings (SSSR count). The van der Waals surface area contributed by atoms with E-state index in [2.05, 4.69) is 0 Å². The monoisotopic (exact) mass is 376 g/mol. The summed E-state index contributed by atoms with van der Waals surface area (Å²) in [6.45, 7) is 3.36. The molecule has 0 aliphatic heterocycles. The number of esters is 2. The lowest BCUT2D eigenvalue weighted by Gasteiger charge is -2.22. The molecule has 0 radical (unpaired) electrons. The molecule has 0 aliphatic carbocycles. The van der Waals surface area contributed by atoms with Gasteiger partial charge in [-0.25, -0.2) is 0 Å². The molecule has 0 heterocycles. The third-order valence-corrected chi connectivity index (χ3v) is 3.60. The van der Waals surface area contributed by atoms with Crippen molar-refractivity contribution in [2.45, 2.75) is 26.7 Å². The molecule has 8 heteroatoms. The van der Waals surface area contributed by atoms with E-state index in [9.17, 15) is 30.0 Å². The van der Waals surface area contributed by atoms with Crippen molar-refractivity contribution in [3.63, 3.8) is 0 Å². The predicted molar refractivity (Wildman–Crippen MR) is 93.8 cm³/mol. The summed E-state index contributed by atoms with van der Waals surface area (Å²) in [5, 5.41) is 37.3. The molecule has 0 unspecified atom stereocenters. The maximum atomic E-state index is 12.1. The van der Waals surface area contributed by atoms with Crippen LogP contribution < -0.4 is 9.47 Å². The largest absolute Gasteiger partial charge is 0.504 e. The minimum absolute atomic E-state index is 0.0632. The molecule has 144 valence electrons. The van der Waals surface area contributed by atoms with Gasteiger partial charge >= 0.3 is 11.9 Å². The number of rotatable bonds is 6. The molecule has 2 aromatic carbocycles. The Morgan fingerprint density at radius 2 is 1.11 bits per heavy atom. The van der Waals surface area contributed by atoms with Gasteiger partial charge in [0.2, 0.25) is 0 Å². The highest BCUT2D eigenvalue weighted by molar-refractivity contribution is 5.77. The van der Waals surface area contributed by atoms with Gasteiger partial charge in [-0.1, -0.05) is 13.8 Å². The summed E-state index contributed by atoms with van der Waals surface area (Å²) in [6.07, 6.45) is -0.213. The number of hydrogen-bond acceptors (Lipinski definition) is 8. The van der Waals surface area contributed by atoms with E-state index in [0.717, 1.165) is 12.1 Å². The van der Waals surface area contributed by atoms with Crippen LogP contribution in [0.15, 0.2) is 36.4 Å². The van der Waals surface area contributed by atoms with Crippen LogP contribution in [0.3, 0.4) is 0 Å². The molecule has 27 heavy (non-hydrogen) atoms. The van der Waals surface area contributed by atoms with Crippen LogP contribution >= 0.6 is 0 Å². The van der Waals surface area contributed by atoms with Gasteiger partial charge in [-0.3, -0.25) is 9.59 Å². The highest BCUT2D eigenvalue weighted by Crippen LogP contribution is 2.32. The van der Waals surface area contributed by atoms with Crippen LogP contribution in [0, 0.1) is 5.41 Å². The predicted octanol–water partition coefficient (Wildman–Crippen LogP) is 2.83. The maximum absolute atomic E-state index is 12.1. The number of carbonyl (C=O) groups excluding carboxylic acids is 2. The van der Waals surface area contributed by atoms with E-state index in [0.29, 0.717) is 0 Å². The maximum Gasteiger partial charge on any atom is 0.311 e. The number of ether oxygens (including phenoxy) is 2. The standard InChI is InChI=1S/C19H20O8/c1-19(2,9-17(24)26-11-3-5-13(20)15(22)7-11)10-18(25)27-12-4-6-14(21)16(23)8-12/h3-8,20-23H,9-10H2,1-2H3. The summed E-state index contributed by atoms with van der Waals surface area (Å²) < 4.78 is 10.2. The minimum atomic E-state index is -0.786. The SMILES string of the molecule is CC(C)(CC(=O)Oc1ccc(O)c(O)c1)CC(=O)Oc1ccc(O)c(O)c1. The summed E-state index contributed by atoms with van der Waals surface area (Å²) in [5.41, 5.74) is -0.786. The normalized spacial score (nSPS) is 11.0. The molecule has 2 aromatic rings. The van der Waals surface area contributed by atoms with E-state index in [4.69, 9.17) is 9.47 Å². The van der Waals surface area contributed by atoms with E-state index >= 15 is 0 Å². The third kappa shape index (κ3) is 5.81. The van der Waals surface area contributed by atoms with Gasteiger partial charge in [0, 0.05) is 12.1 Å². The van der Waals surface area contributed by atoms with Crippen LogP contribution in [0.2, 0.25) is 0 Å². The van der Waals surface area contributed by atoms with Crippen molar-refractivity contribution in [3.8, 4) is 34.5 Å². The number of benzene rings is 2. The Bertz CT molecular complexity index is 787. The van der Waals surface area contributed by atoms with Crippen molar-refractivity contribution in [1.82, 2.24) is 0 Å². The van der Waals surface area contributed by atoms with E-state index in [1.165, 1.54) is 24.3 Å². The Morgan fingerprint density at radius 3 is 1.44 bits per heavy atom. The molecule has 8 nitrogen and oxygen atoms in total. The highest BCUT2D eigenvalue weighted by Gasteiger charge is 2.28. The van der Waals surface area contributed by atoms with Crippen LogP contribution in [0.1, 0.15) is 26.7 Å². The highest BCUT2D eigenvalue weighted by atomic mass is 16.5. The number of phenolic OH excluding ortho intramolecular Hbond substituents is 4. The van der Waals surface area contributed by atoms with Gasteiger partial charge in [-0.15, -0.1) is 0 Å². The Balaban J connectivity index is 1.92. The van der Waals surface area contributed by atoms with E-state index in [1.54, 1.807) is 13.8 Å². The fourth-order valence-electron chi connectivity index (χ4n) is 2.31. The topological polar surface area (TPSA) is 134 Å². The Labute approximate surface area is 155 Å². The number of phenols is 4.